The van der Waals surface area contributed by atoms with Gasteiger partial charge in [0.25, 0.3) is 0 Å². The van der Waals surface area contributed by atoms with E-state index >= 15 is 0 Å². The number of hydrogen-bond acceptors (Lipinski definition) is 1. The second kappa shape index (κ2) is 4.33. The highest BCUT2D eigenvalue weighted by Gasteiger charge is 2.37. The Morgan fingerprint density at radius 1 is 1.43 bits per heavy atom. The number of carbonyl (C=O) groups is 1. The van der Waals surface area contributed by atoms with E-state index in [1.807, 2.05) is 0 Å². The van der Waals surface area contributed by atoms with E-state index in [0.29, 0.717) is 0 Å². The largest absolute Gasteiger partial charge is 0.356 e. The Kier molecular flexibility index (Phi) is 3.57. The molecule has 0 aliphatic carbocycles. The molecule has 2 heteroatoms. The average Bonchev–Trinajstić information content (AvgIpc) is 2.44. The normalized spacial score (nSPS) is 29.4. The molecule has 1 rings (SSSR count). The predicted octanol–water partition coefficient (Wildman–Crippen LogP) is 2.58. The fraction of sp³-hybridized carbons (Fsp3) is 0.917. The van der Waals surface area contributed by atoms with E-state index in [-0.39, 0.29) is 11.3 Å². The third kappa shape index (κ3) is 2.49. The van der Waals surface area contributed by atoms with Crippen LogP contribution < -0.4 is 5.32 Å². The van der Waals surface area contributed by atoms with E-state index in [4.69, 9.17) is 0 Å². The van der Waals surface area contributed by atoms with Crippen LogP contribution in [0.2, 0.25) is 0 Å². The molecule has 0 spiro atoms. The molecule has 2 nitrogen and oxygen atoms in total. The Bertz CT molecular complexity index is 212. The van der Waals surface area contributed by atoms with E-state index in [0.717, 1.165) is 31.2 Å². The van der Waals surface area contributed by atoms with Gasteiger partial charge in [-0.3, -0.25) is 4.79 Å². The molecule has 2 atom stereocenters. The Hall–Kier alpha value is -0.530. The van der Waals surface area contributed by atoms with Crippen molar-refractivity contribution in [2.24, 2.45) is 17.3 Å². The minimum atomic E-state index is -0.0802. The molecule has 1 N–H and O–H groups in total. The Morgan fingerprint density at radius 3 is 2.50 bits per heavy atom. The molecular weight excluding hydrogens is 174 g/mol. The average molecular weight is 197 g/mol. The SMILES string of the molecule is CC(C)C(C)CCC1(C)CCNC1=O. The Balaban J connectivity index is 2.40. The summed E-state index contributed by atoms with van der Waals surface area (Å²) >= 11 is 0. The molecule has 0 aromatic heterocycles. The monoisotopic (exact) mass is 197 g/mol. The van der Waals surface area contributed by atoms with E-state index in [9.17, 15) is 4.79 Å². The van der Waals surface area contributed by atoms with Crippen LogP contribution in [0.5, 0.6) is 0 Å². The molecule has 1 aliphatic rings. The quantitative estimate of drug-likeness (QED) is 0.737. The highest BCUT2D eigenvalue weighted by atomic mass is 16.2. The lowest BCUT2D eigenvalue weighted by molar-refractivity contribution is -0.127. The summed E-state index contributed by atoms with van der Waals surface area (Å²) in [7, 11) is 0. The summed E-state index contributed by atoms with van der Waals surface area (Å²) in [6.07, 6.45) is 3.22. The van der Waals surface area contributed by atoms with E-state index in [1.54, 1.807) is 0 Å². The van der Waals surface area contributed by atoms with Crippen LogP contribution in [0.3, 0.4) is 0 Å². The van der Waals surface area contributed by atoms with Gasteiger partial charge < -0.3 is 5.32 Å². The number of carbonyl (C=O) groups excluding carboxylic acids is 1. The molecule has 2 unspecified atom stereocenters. The van der Waals surface area contributed by atoms with Crippen molar-refractivity contribution in [1.82, 2.24) is 5.32 Å². The first-order valence-electron chi connectivity index (χ1n) is 5.74. The van der Waals surface area contributed by atoms with E-state index < -0.39 is 0 Å². The number of amides is 1. The maximum absolute atomic E-state index is 11.6. The second-order valence-electron chi connectivity index (χ2n) is 5.33. The summed E-state index contributed by atoms with van der Waals surface area (Å²) < 4.78 is 0. The molecule has 1 amide bonds. The smallest absolute Gasteiger partial charge is 0.226 e. The lowest BCUT2D eigenvalue weighted by atomic mass is 9.80. The van der Waals surface area contributed by atoms with E-state index in [1.165, 1.54) is 6.42 Å². The molecule has 1 aliphatic heterocycles. The van der Waals surface area contributed by atoms with Gasteiger partial charge >= 0.3 is 0 Å². The maximum Gasteiger partial charge on any atom is 0.226 e. The first-order chi connectivity index (χ1) is 6.46. The summed E-state index contributed by atoms with van der Waals surface area (Å²) in [6, 6.07) is 0. The van der Waals surface area contributed by atoms with Gasteiger partial charge in [0.15, 0.2) is 0 Å². The van der Waals surface area contributed by atoms with Crippen LogP contribution in [0.25, 0.3) is 0 Å². The molecule has 0 aromatic rings. The topological polar surface area (TPSA) is 29.1 Å². The Labute approximate surface area is 87.5 Å². The van der Waals surface area contributed by atoms with Crippen LogP contribution >= 0.6 is 0 Å². The van der Waals surface area contributed by atoms with Crippen LogP contribution in [0.15, 0.2) is 0 Å². The van der Waals surface area contributed by atoms with E-state index in [2.05, 4.69) is 33.0 Å². The fourth-order valence-corrected chi connectivity index (χ4v) is 1.90. The molecule has 1 heterocycles. The summed E-state index contributed by atoms with van der Waals surface area (Å²) in [5.41, 5.74) is -0.0802. The van der Waals surface area contributed by atoms with Crippen molar-refractivity contribution in [2.45, 2.75) is 47.0 Å². The molecule has 0 bridgehead atoms. The van der Waals surface area contributed by atoms with Gasteiger partial charge in [-0.1, -0.05) is 27.7 Å². The van der Waals surface area contributed by atoms with Gasteiger partial charge in [-0.05, 0) is 31.1 Å². The molecule has 82 valence electrons. The van der Waals surface area contributed by atoms with Gasteiger partial charge in [0, 0.05) is 12.0 Å². The molecule has 1 fully saturated rings. The third-order valence-electron chi connectivity index (χ3n) is 3.80. The fourth-order valence-electron chi connectivity index (χ4n) is 1.90. The maximum atomic E-state index is 11.6. The third-order valence-corrected chi connectivity index (χ3v) is 3.80. The van der Waals surface area contributed by atoms with Gasteiger partial charge in [0.2, 0.25) is 5.91 Å². The van der Waals surface area contributed by atoms with Crippen molar-refractivity contribution in [3.05, 3.63) is 0 Å². The first kappa shape index (κ1) is 11.5. The highest BCUT2D eigenvalue weighted by molar-refractivity contribution is 5.84. The summed E-state index contributed by atoms with van der Waals surface area (Å²) in [5.74, 6) is 1.71. The van der Waals surface area contributed by atoms with Crippen LogP contribution in [-0.2, 0) is 4.79 Å². The summed E-state index contributed by atoms with van der Waals surface area (Å²) in [5, 5.41) is 2.92. The van der Waals surface area contributed by atoms with Crippen LogP contribution in [0.4, 0.5) is 0 Å². The number of hydrogen-bond donors (Lipinski definition) is 1. The lowest BCUT2D eigenvalue weighted by Crippen LogP contribution is -2.29. The van der Waals surface area contributed by atoms with Crippen molar-refractivity contribution >= 4 is 5.91 Å². The summed E-state index contributed by atoms with van der Waals surface area (Å²) in [6.45, 7) is 9.75. The lowest BCUT2D eigenvalue weighted by Gasteiger charge is -2.23. The van der Waals surface area contributed by atoms with Gasteiger partial charge in [0.1, 0.15) is 0 Å². The number of rotatable bonds is 4. The minimum absolute atomic E-state index is 0.0802. The van der Waals surface area contributed by atoms with Crippen LogP contribution in [0, 0.1) is 17.3 Å². The van der Waals surface area contributed by atoms with Crippen LogP contribution in [0.1, 0.15) is 47.0 Å². The zero-order chi connectivity index (χ0) is 10.8. The van der Waals surface area contributed by atoms with Gasteiger partial charge in [-0.2, -0.15) is 0 Å². The number of nitrogens with one attached hydrogen (secondary N) is 1. The summed E-state index contributed by atoms with van der Waals surface area (Å²) in [4.78, 5) is 11.6. The van der Waals surface area contributed by atoms with Gasteiger partial charge in [-0.25, -0.2) is 0 Å². The predicted molar refractivity (Wildman–Crippen MR) is 59.0 cm³/mol. The molecule has 1 saturated heterocycles. The van der Waals surface area contributed by atoms with Gasteiger partial charge in [-0.15, -0.1) is 0 Å². The first-order valence-corrected chi connectivity index (χ1v) is 5.74. The molecular formula is C12H23NO. The van der Waals surface area contributed by atoms with Gasteiger partial charge in [0.05, 0.1) is 0 Å². The Morgan fingerprint density at radius 2 is 2.07 bits per heavy atom. The van der Waals surface area contributed by atoms with Crippen molar-refractivity contribution in [2.75, 3.05) is 6.54 Å². The van der Waals surface area contributed by atoms with Crippen molar-refractivity contribution < 1.29 is 4.79 Å². The van der Waals surface area contributed by atoms with Crippen molar-refractivity contribution in [3.8, 4) is 0 Å². The zero-order valence-electron chi connectivity index (χ0n) is 9.89. The molecule has 0 aromatic carbocycles. The highest BCUT2D eigenvalue weighted by Crippen LogP contribution is 2.33. The molecule has 0 saturated carbocycles. The zero-order valence-corrected chi connectivity index (χ0v) is 9.89. The molecule has 0 radical (unpaired) electrons. The second-order valence-corrected chi connectivity index (χ2v) is 5.33. The standard InChI is InChI=1S/C12H23NO/c1-9(2)10(3)5-6-12(4)7-8-13-11(12)14/h9-10H,5-8H2,1-4H3,(H,13,14). The minimum Gasteiger partial charge on any atom is -0.356 e. The molecule has 14 heavy (non-hydrogen) atoms. The van der Waals surface area contributed by atoms with Crippen molar-refractivity contribution in [1.29, 1.82) is 0 Å². The van der Waals surface area contributed by atoms with Crippen molar-refractivity contribution in [3.63, 3.8) is 0 Å². The van der Waals surface area contributed by atoms with Crippen LogP contribution in [-0.4, -0.2) is 12.5 Å².